The van der Waals surface area contributed by atoms with Crippen LogP contribution in [0, 0.1) is 5.92 Å². The Labute approximate surface area is 224 Å². The number of aromatic nitrogens is 3. The molecule has 206 valence electrons. The Balaban J connectivity index is 0.000000280. The fourth-order valence-electron chi connectivity index (χ4n) is 4.67. The SMILES string of the molecule is CC.CC1CN(c2nnc(-c3ccc(CN)cc3)c3ccncc23)CCN1C.O=CC1CCC(F)(F)CC1. The lowest BCUT2D eigenvalue weighted by molar-refractivity contribution is -0.115. The summed E-state index contributed by atoms with van der Waals surface area (Å²) in [4.78, 5) is 19.2. The highest BCUT2D eigenvalue weighted by atomic mass is 19.3. The van der Waals surface area contributed by atoms with Gasteiger partial charge in [0.1, 0.15) is 12.0 Å². The van der Waals surface area contributed by atoms with Crippen LogP contribution in [0.2, 0.25) is 0 Å². The molecule has 0 amide bonds. The molecule has 3 heterocycles. The van der Waals surface area contributed by atoms with Gasteiger partial charge in [0.05, 0.1) is 0 Å². The third kappa shape index (κ3) is 7.29. The Hall–Kier alpha value is -3.04. The first-order chi connectivity index (χ1) is 18.3. The summed E-state index contributed by atoms with van der Waals surface area (Å²) in [7, 11) is 2.17. The fraction of sp³-hybridized carbons (Fsp3) is 0.517. The van der Waals surface area contributed by atoms with E-state index in [1.54, 1.807) is 0 Å². The third-order valence-corrected chi connectivity index (χ3v) is 7.24. The van der Waals surface area contributed by atoms with Gasteiger partial charge in [0, 0.05) is 79.7 Å². The zero-order valence-electron chi connectivity index (χ0n) is 22.9. The molecule has 9 heteroatoms. The highest BCUT2D eigenvalue weighted by Crippen LogP contribution is 2.35. The van der Waals surface area contributed by atoms with Gasteiger partial charge in [-0.1, -0.05) is 38.1 Å². The molecule has 2 fully saturated rings. The summed E-state index contributed by atoms with van der Waals surface area (Å²) in [5.41, 5.74) is 8.75. The Bertz CT molecular complexity index is 1160. The number of rotatable bonds is 4. The van der Waals surface area contributed by atoms with Crippen LogP contribution in [0.1, 0.15) is 52.0 Å². The van der Waals surface area contributed by atoms with Crippen LogP contribution in [-0.2, 0) is 11.3 Å². The van der Waals surface area contributed by atoms with Gasteiger partial charge in [-0.25, -0.2) is 8.78 Å². The van der Waals surface area contributed by atoms with Crippen molar-refractivity contribution in [3.63, 3.8) is 0 Å². The van der Waals surface area contributed by atoms with Crippen molar-refractivity contribution in [1.82, 2.24) is 20.1 Å². The first kappa shape index (κ1) is 29.5. The first-order valence-electron chi connectivity index (χ1n) is 13.5. The van der Waals surface area contributed by atoms with Gasteiger partial charge in [-0.2, -0.15) is 0 Å². The van der Waals surface area contributed by atoms with Crippen LogP contribution in [-0.4, -0.2) is 65.0 Å². The average Bonchev–Trinajstić information content (AvgIpc) is 2.95. The number of hydrogen-bond donors (Lipinski definition) is 1. The summed E-state index contributed by atoms with van der Waals surface area (Å²) in [6.45, 7) is 9.70. The van der Waals surface area contributed by atoms with Crippen LogP contribution in [0.15, 0.2) is 42.7 Å². The van der Waals surface area contributed by atoms with Gasteiger partial charge in [-0.3, -0.25) is 4.98 Å². The van der Waals surface area contributed by atoms with E-state index in [2.05, 4.69) is 51.1 Å². The van der Waals surface area contributed by atoms with E-state index in [1.165, 1.54) is 0 Å². The number of aldehydes is 1. The maximum atomic E-state index is 12.4. The topological polar surface area (TPSA) is 88.2 Å². The average molecular weight is 527 g/mol. The second kappa shape index (κ2) is 13.7. The molecule has 38 heavy (non-hydrogen) atoms. The smallest absolute Gasteiger partial charge is 0.248 e. The van der Waals surface area contributed by atoms with E-state index < -0.39 is 5.92 Å². The zero-order valence-corrected chi connectivity index (χ0v) is 22.9. The van der Waals surface area contributed by atoms with Crippen molar-refractivity contribution in [2.75, 3.05) is 31.6 Å². The highest BCUT2D eigenvalue weighted by Gasteiger charge is 2.34. The molecule has 0 bridgehead atoms. The monoisotopic (exact) mass is 526 g/mol. The van der Waals surface area contributed by atoms with Crippen LogP contribution in [0.25, 0.3) is 22.0 Å². The number of piperazine rings is 1. The van der Waals surface area contributed by atoms with Crippen molar-refractivity contribution in [3.8, 4) is 11.3 Å². The number of fused-ring (bicyclic) bond motifs is 1. The molecule has 2 N–H and O–H groups in total. The van der Waals surface area contributed by atoms with Crippen molar-refractivity contribution in [2.45, 2.75) is 65.0 Å². The summed E-state index contributed by atoms with van der Waals surface area (Å²) < 4.78 is 24.8. The number of pyridine rings is 1. The number of alkyl halides is 2. The number of hydrogen-bond acceptors (Lipinski definition) is 7. The van der Waals surface area contributed by atoms with Gasteiger partial charge < -0.3 is 20.3 Å². The number of nitrogens with zero attached hydrogens (tertiary/aromatic N) is 5. The standard InChI is InChI=1S/C20H24N6.C7H10F2O.C2H6/c1-14-13-26(10-9-25(14)2)20-18-12-22-8-7-17(18)19(23-24-20)16-5-3-15(11-21)4-6-16;8-7(9)3-1-6(5-10)2-4-7;1-2/h3-8,12,14H,9-11,13,21H2,1-2H3;5-6H,1-4H2;1-2H3. The summed E-state index contributed by atoms with van der Waals surface area (Å²) in [6, 6.07) is 10.7. The molecule has 2 aromatic heterocycles. The Kier molecular flexibility index (Phi) is 10.6. The molecule has 3 aromatic rings. The second-order valence-electron chi connectivity index (χ2n) is 9.80. The number of carbonyl (C=O) groups excluding carboxylic acids is 1. The minimum absolute atomic E-state index is 0.111. The van der Waals surface area contributed by atoms with Crippen molar-refractivity contribution in [2.24, 2.45) is 11.7 Å². The first-order valence-corrected chi connectivity index (χ1v) is 13.5. The maximum Gasteiger partial charge on any atom is 0.248 e. The maximum absolute atomic E-state index is 12.4. The lowest BCUT2D eigenvalue weighted by Crippen LogP contribution is -2.50. The van der Waals surface area contributed by atoms with Gasteiger partial charge in [-0.15, -0.1) is 10.2 Å². The molecular weight excluding hydrogens is 486 g/mol. The van der Waals surface area contributed by atoms with E-state index in [9.17, 15) is 13.6 Å². The van der Waals surface area contributed by atoms with Crippen molar-refractivity contribution in [1.29, 1.82) is 0 Å². The molecule has 1 aromatic carbocycles. The largest absolute Gasteiger partial charge is 0.352 e. The van der Waals surface area contributed by atoms with Gasteiger partial charge in [0.25, 0.3) is 0 Å². The molecule has 1 saturated carbocycles. The molecule has 5 rings (SSSR count). The predicted molar refractivity (Wildman–Crippen MR) is 149 cm³/mol. The van der Waals surface area contributed by atoms with Gasteiger partial charge in [-0.05, 0) is 38.4 Å². The summed E-state index contributed by atoms with van der Waals surface area (Å²) >= 11 is 0. The number of benzene rings is 1. The van der Waals surface area contributed by atoms with E-state index in [0.29, 0.717) is 25.4 Å². The van der Waals surface area contributed by atoms with Crippen molar-refractivity contribution in [3.05, 3.63) is 48.3 Å². The number of anilines is 1. The van der Waals surface area contributed by atoms with E-state index in [0.717, 1.165) is 59.3 Å². The molecule has 0 radical (unpaired) electrons. The molecule has 2 aliphatic rings. The van der Waals surface area contributed by atoms with E-state index >= 15 is 0 Å². The normalized spacial score (nSPS) is 19.7. The van der Waals surface area contributed by atoms with E-state index in [4.69, 9.17) is 5.73 Å². The third-order valence-electron chi connectivity index (χ3n) is 7.24. The van der Waals surface area contributed by atoms with E-state index in [-0.39, 0.29) is 18.8 Å². The number of halogens is 2. The number of nitrogens with two attached hydrogens (primary N) is 1. The van der Waals surface area contributed by atoms with Gasteiger partial charge >= 0.3 is 0 Å². The van der Waals surface area contributed by atoms with Crippen molar-refractivity contribution >= 4 is 22.9 Å². The molecule has 1 atom stereocenters. The van der Waals surface area contributed by atoms with Gasteiger partial charge in [0.2, 0.25) is 5.92 Å². The lowest BCUT2D eigenvalue weighted by atomic mass is 9.88. The van der Waals surface area contributed by atoms with E-state index in [1.807, 2.05) is 44.4 Å². The minimum Gasteiger partial charge on any atom is -0.352 e. The molecule has 7 nitrogen and oxygen atoms in total. The lowest BCUT2D eigenvalue weighted by Gasteiger charge is -2.38. The number of carbonyl (C=O) groups is 1. The van der Waals surface area contributed by atoms with Crippen LogP contribution < -0.4 is 10.6 Å². The second-order valence-corrected chi connectivity index (χ2v) is 9.80. The molecule has 1 aliphatic carbocycles. The quantitative estimate of drug-likeness (QED) is 0.460. The van der Waals surface area contributed by atoms with Crippen LogP contribution >= 0.6 is 0 Å². The molecule has 1 saturated heterocycles. The van der Waals surface area contributed by atoms with Crippen molar-refractivity contribution < 1.29 is 13.6 Å². The zero-order chi connectivity index (χ0) is 27.7. The minimum atomic E-state index is -2.50. The highest BCUT2D eigenvalue weighted by molar-refractivity contribution is 5.99. The molecule has 1 aliphatic heterocycles. The Morgan fingerprint density at radius 2 is 1.74 bits per heavy atom. The van der Waals surface area contributed by atoms with Crippen LogP contribution in [0.4, 0.5) is 14.6 Å². The van der Waals surface area contributed by atoms with Gasteiger partial charge in [0.15, 0.2) is 5.82 Å². The molecular formula is C29H40F2N6O. The summed E-state index contributed by atoms with van der Waals surface area (Å²) in [5.74, 6) is -1.69. The summed E-state index contributed by atoms with van der Waals surface area (Å²) in [6.07, 6.45) is 4.99. The fourth-order valence-corrected chi connectivity index (χ4v) is 4.67. The molecule has 1 unspecified atom stereocenters. The van der Waals surface area contributed by atoms with Crippen LogP contribution in [0.5, 0.6) is 0 Å². The molecule has 0 spiro atoms. The predicted octanol–water partition coefficient (Wildman–Crippen LogP) is 5.33. The Morgan fingerprint density at radius 1 is 1.05 bits per heavy atom. The number of likely N-dealkylation sites (N-methyl/N-ethyl adjacent to an activating group) is 1. The summed E-state index contributed by atoms with van der Waals surface area (Å²) in [5, 5.41) is 11.3. The van der Waals surface area contributed by atoms with Crippen LogP contribution in [0.3, 0.4) is 0 Å². The Morgan fingerprint density at radius 3 is 2.34 bits per heavy atom.